The number of hydrogen-bond acceptors (Lipinski definition) is 6. The number of ether oxygens (including phenoxy) is 1. The van der Waals surface area contributed by atoms with Crippen LogP contribution in [0.4, 0.5) is 5.69 Å². The Balaban J connectivity index is 1.53. The zero-order valence-corrected chi connectivity index (χ0v) is 16.3. The van der Waals surface area contributed by atoms with Gasteiger partial charge < -0.3 is 19.4 Å². The summed E-state index contributed by atoms with van der Waals surface area (Å²) in [5.41, 5.74) is 0.664. The molecule has 1 aliphatic heterocycles. The van der Waals surface area contributed by atoms with Gasteiger partial charge in [0.05, 0.1) is 29.3 Å². The molecule has 2 heterocycles. The maximum atomic E-state index is 12.4. The van der Waals surface area contributed by atoms with E-state index in [0.717, 1.165) is 0 Å². The van der Waals surface area contributed by atoms with E-state index in [2.05, 4.69) is 5.32 Å². The molecule has 0 spiro atoms. The number of amides is 2. The lowest BCUT2D eigenvalue weighted by Crippen LogP contribution is -2.33. The van der Waals surface area contributed by atoms with Crippen molar-refractivity contribution in [3.63, 3.8) is 0 Å². The first-order chi connectivity index (χ1) is 13.9. The second-order valence-electron chi connectivity index (χ2n) is 6.63. The highest BCUT2D eigenvalue weighted by Crippen LogP contribution is 2.23. The van der Waals surface area contributed by atoms with Crippen LogP contribution in [0, 0.1) is 17.2 Å². The van der Waals surface area contributed by atoms with Crippen molar-refractivity contribution in [3.8, 4) is 6.07 Å². The zero-order valence-electron chi connectivity index (χ0n) is 15.6. The van der Waals surface area contributed by atoms with E-state index in [9.17, 15) is 14.4 Å². The smallest absolute Gasteiger partial charge is 0.312 e. The summed E-state index contributed by atoms with van der Waals surface area (Å²) in [4.78, 5) is 38.3. The Kier molecular flexibility index (Phi) is 6.20. The number of nitriles is 1. The fraction of sp³-hybridized carbons (Fsp3) is 0.300. The molecule has 0 unspecified atom stereocenters. The highest BCUT2D eigenvalue weighted by Gasteiger charge is 2.36. The number of esters is 1. The molecule has 1 aliphatic rings. The van der Waals surface area contributed by atoms with E-state index < -0.39 is 23.9 Å². The fourth-order valence-electron chi connectivity index (χ4n) is 2.92. The predicted molar refractivity (Wildman–Crippen MR) is 103 cm³/mol. The molecule has 1 fully saturated rings. The Morgan fingerprint density at radius 3 is 2.90 bits per heavy atom. The molecule has 1 N–H and O–H groups in total. The molecule has 150 valence electrons. The Hall–Kier alpha value is -3.31. The average molecular weight is 416 g/mol. The third-order valence-electron chi connectivity index (χ3n) is 4.49. The van der Waals surface area contributed by atoms with Crippen LogP contribution < -0.4 is 5.32 Å². The van der Waals surface area contributed by atoms with E-state index >= 15 is 0 Å². The summed E-state index contributed by atoms with van der Waals surface area (Å²) in [6.07, 6.45) is 0.480. The van der Waals surface area contributed by atoms with Gasteiger partial charge in [-0.05, 0) is 37.3 Å². The molecular formula is C20H18ClN3O5. The second-order valence-corrected chi connectivity index (χ2v) is 7.04. The molecule has 2 atom stereocenters. The number of furan rings is 1. The summed E-state index contributed by atoms with van der Waals surface area (Å²) < 4.78 is 10.5. The van der Waals surface area contributed by atoms with Crippen LogP contribution in [-0.2, 0) is 25.7 Å². The number of carbonyl (C=O) groups excluding carboxylic acids is 3. The number of likely N-dealkylation sites (tertiary alicyclic amines) is 1. The van der Waals surface area contributed by atoms with Gasteiger partial charge in [0.2, 0.25) is 5.91 Å². The molecule has 3 rings (SSSR count). The largest absolute Gasteiger partial charge is 0.467 e. The molecule has 0 saturated carbocycles. The van der Waals surface area contributed by atoms with Gasteiger partial charge in [0.1, 0.15) is 11.8 Å². The highest BCUT2D eigenvalue weighted by molar-refractivity contribution is 6.32. The van der Waals surface area contributed by atoms with Gasteiger partial charge in [-0.15, -0.1) is 0 Å². The van der Waals surface area contributed by atoms with Crippen molar-refractivity contribution >= 4 is 35.1 Å². The van der Waals surface area contributed by atoms with Crippen LogP contribution in [0.3, 0.4) is 0 Å². The quantitative estimate of drug-likeness (QED) is 0.726. The highest BCUT2D eigenvalue weighted by atomic mass is 35.5. The second kappa shape index (κ2) is 8.80. The van der Waals surface area contributed by atoms with E-state index in [1.165, 1.54) is 36.3 Å². The number of hydrogen-bond donors (Lipinski definition) is 1. The van der Waals surface area contributed by atoms with Crippen LogP contribution >= 0.6 is 11.6 Å². The lowest BCUT2D eigenvalue weighted by molar-refractivity contribution is -0.157. The predicted octanol–water partition coefficient (Wildman–Crippen LogP) is 2.72. The number of nitrogens with one attached hydrogen (secondary N) is 1. The van der Waals surface area contributed by atoms with E-state index in [4.69, 9.17) is 26.0 Å². The lowest BCUT2D eigenvalue weighted by atomic mass is 10.1. The van der Waals surface area contributed by atoms with Crippen LogP contribution in [0.25, 0.3) is 0 Å². The summed E-state index contributed by atoms with van der Waals surface area (Å²) in [6.45, 7) is 1.93. The van der Waals surface area contributed by atoms with Gasteiger partial charge in [-0.2, -0.15) is 5.26 Å². The maximum Gasteiger partial charge on any atom is 0.312 e. The maximum absolute atomic E-state index is 12.4. The molecule has 1 aromatic carbocycles. The van der Waals surface area contributed by atoms with Gasteiger partial charge in [-0.1, -0.05) is 11.6 Å². The van der Waals surface area contributed by atoms with Crippen molar-refractivity contribution < 1.29 is 23.5 Å². The first kappa shape index (κ1) is 20.4. The average Bonchev–Trinajstić information content (AvgIpc) is 3.32. The molecule has 0 radical (unpaired) electrons. The first-order valence-corrected chi connectivity index (χ1v) is 9.26. The zero-order chi connectivity index (χ0) is 21.0. The van der Waals surface area contributed by atoms with Gasteiger partial charge in [-0.25, -0.2) is 0 Å². The SMILES string of the molecule is C[C@@H](OC(=O)[C@H]1CC(=O)N(Cc2ccco2)C1)C(=O)Nc1ccc(C#N)c(Cl)c1. The number of carbonyl (C=O) groups is 3. The molecule has 8 nitrogen and oxygen atoms in total. The van der Waals surface area contributed by atoms with Crippen molar-refractivity contribution in [2.24, 2.45) is 5.92 Å². The van der Waals surface area contributed by atoms with Crippen LogP contribution in [0.15, 0.2) is 41.0 Å². The Morgan fingerprint density at radius 1 is 1.45 bits per heavy atom. The number of anilines is 1. The van der Waals surface area contributed by atoms with Crippen molar-refractivity contribution in [3.05, 3.63) is 52.9 Å². The normalized spacial score (nSPS) is 16.9. The summed E-state index contributed by atoms with van der Waals surface area (Å²) in [7, 11) is 0. The van der Waals surface area contributed by atoms with E-state index in [1.807, 2.05) is 6.07 Å². The minimum Gasteiger partial charge on any atom is -0.467 e. The molecule has 2 aromatic rings. The summed E-state index contributed by atoms with van der Waals surface area (Å²) in [5, 5.41) is 11.7. The van der Waals surface area contributed by atoms with Crippen LogP contribution in [0.2, 0.25) is 5.02 Å². The van der Waals surface area contributed by atoms with Gasteiger partial charge >= 0.3 is 5.97 Å². The molecule has 1 saturated heterocycles. The first-order valence-electron chi connectivity index (χ1n) is 8.88. The molecule has 2 amide bonds. The Bertz CT molecular complexity index is 967. The molecular weight excluding hydrogens is 398 g/mol. The summed E-state index contributed by atoms with van der Waals surface area (Å²) in [5.74, 6) is -1.34. The third kappa shape index (κ3) is 4.95. The van der Waals surface area contributed by atoms with Gasteiger partial charge in [0, 0.05) is 18.7 Å². The van der Waals surface area contributed by atoms with Crippen molar-refractivity contribution in [1.29, 1.82) is 5.26 Å². The number of halogens is 1. The molecule has 9 heteroatoms. The lowest BCUT2D eigenvalue weighted by Gasteiger charge is -2.17. The summed E-state index contributed by atoms with van der Waals surface area (Å²) >= 11 is 5.94. The number of nitrogens with zero attached hydrogens (tertiary/aromatic N) is 2. The van der Waals surface area contributed by atoms with Crippen molar-refractivity contribution in [2.75, 3.05) is 11.9 Å². The standard InChI is InChI=1S/C20H18ClN3O5/c1-12(19(26)23-15-5-4-13(9-22)17(21)8-15)29-20(27)14-7-18(25)24(10-14)11-16-3-2-6-28-16/h2-6,8,12,14H,7,10-11H2,1H3,(H,23,26)/t12-,14+/m1/s1. The molecule has 0 bridgehead atoms. The van der Waals surface area contributed by atoms with Gasteiger partial charge in [0.25, 0.3) is 5.91 Å². The van der Waals surface area contributed by atoms with Crippen LogP contribution in [-0.4, -0.2) is 35.3 Å². The molecule has 29 heavy (non-hydrogen) atoms. The van der Waals surface area contributed by atoms with E-state index in [0.29, 0.717) is 11.4 Å². The minimum absolute atomic E-state index is 0.0269. The monoisotopic (exact) mass is 415 g/mol. The number of benzene rings is 1. The molecule has 0 aliphatic carbocycles. The summed E-state index contributed by atoms with van der Waals surface area (Å²) in [6, 6.07) is 9.85. The molecule has 1 aromatic heterocycles. The number of rotatable bonds is 6. The van der Waals surface area contributed by atoms with Gasteiger partial charge in [-0.3, -0.25) is 14.4 Å². The van der Waals surface area contributed by atoms with E-state index in [-0.39, 0.29) is 36.0 Å². The topological polar surface area (TPSA) is 113 Å². The van der Waals surface area contributed by atoms with Crippen molar-refractivity contribution in [2.45, 2.75) is 26.0 Å². The van der Waals surface area contributed by atoms with Crippen molar-refractivity contribution in [1.82, 2.24) is 4.90 Å². The Labute approximate surface area is 172 Å². The van der Waals surface area contributed by atoms with Gasteiger partial charge in [0.15, 0.2) is 6.10 Å². The Morgan fingerprint density at radius 2 is 2.24 bits per heavy atom. The third-order valence-corrected chi connectivity index (χ3v) is 4.81. The van der Waals surface area contributed by atoms with E-state index in [1.54, 1.807) is 12.1 Å². The minimum atomic E-state index is -1.06. The van der Waals surface area contributed by atoms with Crippen LogP contribution in [0.5, 0.6) is 0 Å². The fourth-order valence-corrected chi connectivity index (χ4v) is 3.15. The van der Waals surface area contributed by atoms with Crippen LogP contribution in [0.1, 0.15) is 24.7 Å².